The monoisotopic (exact) mass is 346 g/mol. The Bertz CT molecular complexity index is 746. The lowest BCUT2D eigenvalue weighted by Crippen LogP contribution is -2.52. The molecule has 0 aliphatic carbocycles. The molecule has 1 spiro atoms. The Morgan fingerprint density at radius 3 is 3.00 bits per heavy atom. The molecule has 4 rings (SSSR count). The molecule has 2 saturated heterocycles. The van der Waals surface area contributed by atoms with Gasteiger partial charge in [0, 0.05) is 47.9 Å². The number of aryl methyl sites for hydroxylation is 1. The summed E-state index contributed by atoms with van der Waals surface area (Å²) in [5.74, 6) is 0.993. The Morgan fingerprint density at radius 1 is 1.33 bits per heavy atom. The van der Waals surface area contributed by atoms with Crippen LogP contribution in [0.5, 0.6) is 0 Å². The maximum absolute atomic E-state index is 12.7. The number of fused-ring (bicyclic) bond motifs is 1. The average molecular weight is 346 g/mol. The van der Waals surface area contributed by atoms with E-state index in [1.54, 1.807) is 6.26 Å². The van der Waals surface area contributed by atoms with Gasteiger partial charge in [0.1, 0.15) is 5.58 Å². The topological polar surface area (TPSA) is 54.7 Å². The molecule has 5 nitrogen and oxygen atoms in total. The van der Waals surface area contributed by atoms with Gasteiger partial charge >= 0.3 is 6.03 Å². The minimum absolute atomic E-state index is 0.0123. The van der Waals surface area contributed by atoms with Crippen LogP contribution in [0.1, 0.15) is 18.4 Å². The molecule has 2 fully saturated rings. The molecule has 6 heteroatoms. The van der Waals surface area contributed by atoms with Crippen molar-refractivity contribution in [1.82, 2.24) is 4.90 Å². The first-order chi connectivity index (χ1) is 11.7. The number of hydrogen-bond donors (Lipinski definition) is 1. The predicted octanol–water partition coefficient (Wildman–Crippen LogP) is 3.87. The Kier molecular flexibility index (Phi) is 4.18. The average Bonchev–Trinajstić information content (AvgIpc) is 2.96. The Labute approximate surface area is 145 Å². The molecule has 0 unspecified atom stereocenters. The molecule has 24 heavy (non-hydrogen) atoms. The van der Waals surface area contributed by atoms with Gasteiger partial charge in [0.25, 0.3) is 0 Å². The molecule has 2 amide bonds. The second-order valence-corrected chi connectivity index (χ2v) is 8.19. The minimum atomic E-state index is -0.0123. The summed E-state index contributed by atoms with van der Waals surface area (Å²) >= 11 is 2.00. The normalized spacial score (nSPS) is 20.5. The number of carbonyl (C=O) groups excluding carboxylic acids is 1. The summed E-state index contributed by atoms with van der Waals surface area (Å²) < 4.78 is 11.1. The van der Waals surface area contributed by atoms with Crippen LogP contribution >= 0.6 is 11.8 Å². The van der Waals surface area contributed by atoms with Gasteiger partial charge in [-0.15, -0.1) is 0 Å². The first-order valence-corrected chi connectivity index (χ1v) is 9.39. The number of carbonyl (C=O) groups is 1. The molecule has 3 heterocycles. The number of furan rings is 1. The van der Waals surface area contributed by atoms with Crippen molar-refractivity contribution in [3.05, 3.63) is 30.0 Å². The van der Waals surface area contributed by atoms with Gasteiger partial charge in [-0.3, -0.25) is 0 Å². The van der Waals surface area contributed by atoms with E-state index in [9.17, 15) is 4.79 Å². The van der Waals surface area contributed by atoms with E-state index in [2.05, 4.69) is 5.32 Å². The fourth-order valence-corrected chi connectivity index (χ4v) is 4.95. The van der Waals surface area contributed by atoms with Crippen molar-refractivity contribution in [2.24, 2.45) is 0 Å². The highest BCUT2D eigenvalue weighted by Gasteiger charge is 2.39. The Hall–Kier alpha value is -1.66. The maximum atomic E-state index is 12.7. The van der Waals surface area contributed by atoms with E-state index in [1.165, 1.54) is 0 Å². The maximum Gasteiger partial charge on any atom is 0.321 e. The number of benzene rings is 1. The molecule has 0 radical (unpaired) electrons. The summed E-state index contributed by atoms with van der Waals surface area (Å²) in [5, 5.41) is 4.09. The standard InChI is InChI=1S/C18H22N2O3S/c1-13-11-23-16-3-2-14(10-15(13)16)19-17(21)20-6-9-24-18(12-20)4-7-22-8-5-18/h2-3,10-11H,4-9,12H2,1H3,(H,19,21). The van der Waals surface area contributed by atoms with Gasteiger partial charge < -0.3 is 19.4 Å². The molecular formula is C18H22N2O3S. The van der Waals surface area contributed by atoms with Gasteiger partial charge in [0.05, 0.1) is 6.26 Å². The second kappa shape index (κ2) is 6.33. The van der Waals surface area contributed by atoms with E-state index in [0.29, 0.717) is 0 Å². The number of anilines is 1. The zero-order valence-electron chi connectivity index (χ0n) is 13.8. The molecule has 2 aliphatic heterocycles. The largest absolute Gasteiger partial charge is 0.464 e. The Balaban J connectivity index is 1.47. The fourth-order valence-electron chi connectivity index (χ4n) is 3.50. The second-order valence-electron chi connectivity index (χ2n) is 6.63. The zero-order valence-corrected chi connectivity index (χ0v) is 14.7. The number of hydrogen-bond acceptors (Lipinski definition) is 4. The molecule has 0 bridgehead atoms. The lowest BCUT2D eigenvalue weighted by molar-refractivity contribution is 0.0678. The summed E-state index contributed by atoms with van der Waals surface area (Å²) in [4.78, 5) is 14.7. The highest BCUT2D eigenvalue weighted by Crippen LogP contribution is 2.39. The van der Waals surface area contributed by atoms with E-state index in [0.717, 1.165) is 67.1 Å². The summed E-state index contributed by atoms with van der Waals surface area (Å²) in [6.45, 7) is 5.22. The highest BCUT2D eigenvalue weighted by atomic mass is 32.2. The van der Waals surface area contributed by atoms with Gasteiger partial charge in [0.15, 0.2) is 0 Å². The van der Waals surface area contributed by atoms with E-state index in [-0.39, 0.29) is 10.8 Å². The van der Waals surface area contributed by atoms with Crippen molar-refractivity contribution >= 4 is 34.4 Å². The van der Waals surface area contributed by atoms with Crippen molar-refractivity contribution in [3.8, 4) is 0 Å². The first kappa shape index (κ1) is 15.8. The van der Waals surface area contributed by atoms with Crippen molar-refractivity contribution < 1.29 is 13.9 Å². The third-order valence-corrected chi connectivity index (χ3v) is 6.49. The minimum Gasteiger partial charge on any atom is -0.464 e. The van der Waals surface area contributed by atoms with E-state index in [1.807, 2.05) is 41.8 Å². The molecule has 1 aromatic heterocycles. The predicted molar refractivity (Wildman–Crippen MR) is 96.8 cm³/mol. The van der Waals surface area contributed by atoms with Gasteiger partial charge in [-0.05, 0) is 43.5 Å². The van der Waals surface area contributed by atoms with Crippen LogP contribution in [0.4, 0.5) is 10.5 Å². The zero-order chi connectivity index (χ0) is 16.6. The lowest BCUT2D eigenvalue weighted by Gasteiger charge is -2.44. The third kappa shape index (κ3) is 3.00. The summed E-state index contributed by atoms with van der Waals surface area (Å²) in [5.41, 5.74) is 2.74. The summed E-state index contributed by atoms with van der Waals surface area (Å²) in [7, 11) is 0. The van der Waals surface area contributed by atoms with Crippen molar-refractivity contribution in [2.45, 2.75) is 24.5 Å². The number of thioether (sulfide) groups is 1. The molecule has 1 aromatic carbocycles. The first-order valence-electron chi connectivity index (χ1n) is 8.41. The van der Waals surface area contributed by atoms with Crippen LogP contribution in [0.25, 0.3) is 11.0 Å². The molecule has 2 aliphatic rings. The number of urea groups is 1. The molecular weight excluding hydrogens is 324 g/mol. The number of nitrogens with one attached hydrogen (secondary N) is 1. The molecule has 0 saturated carbocycles. The van der Waals surface area contributed by atoms with Gasteiger partial charge in [0.2, 0.25) is 0 Å². The molecule has 0 atom stereocenters. The summed E-state index contributed by atoms with van der Waals surface area (Å²) in [6, 6.07) is 5.77. The van der Waals surface area contributed by atoms with Crippen LogP contribution in [0.15, 0.2) is 28.9 Å². The van der Waals surface area contributed by atoms with Crippen LogP contribution in [0.3, 0.4) is 0 Å². The number of rotatable bonds is 1. The quantitative estimate of drug-likeness (QED) is 0.852. The Morgan fingerprint density at radius 2 is 2.17 bits per heavy atom. The SMILES string of the molecule is Cc1coc2ccc(NC(=O)N3CCSC4(CCOCC4)C3)cc12. The molecule has 1 N–H and O–H groups in total. The van der Waals surface area contributed by atoms with E-state index in [4.69, 9.17) is 9.15 Å². The smallest absolute Gasteiger partial charge is 0.321 e. The third-order valence-electron chi connectivity index (χ3n) is 4.96. The highest BCUT2D eigenvalue weighted by molar-refractivity contribution is 8.00. The van der Waals surface area contributed by atoms with Gasteiger partial charge in [-0.25, -0.2) is 4.79 Å². The van der Waals surface area contributed by atoms with Crippen LogP contribution in [-0.2, 0) is 4.74 Å². The van der Waals surface area contributed by atoms with Gasteiger partial charge in [-0.1, -0.05) is 0 Å². The van der Waals surface area contributed by atoms with Crippen molar-refractivity contribution in [1.29, 1.82) is 0 Å². The van der Waals surface area contributed by atoms with Crippen LogP contribution in [0.2, 0.25) is 0 Å². The van der Waals surface area contributed by atoms with Crippen LogP contribution in [-0.4, -0.2) is 47.7 Å². The number of nitrogens with zero attached hydrogens (tertiary/aromatic N) is 1. The van der Waals surface area contributed by atoms with E-state index >= 15 is 0 Å². The molecule has 128 valence electrons. The van der Waals surface area contributed by atoms with Crippen molar-refractivity contribution in [2.75, 3.05) is 37.4 Å². The molecule has 2 aromatic rings. The van der Waals surface area contributed by atoms with Gasteiger partial charge in [-0.2, -0.15) is 11.8 Å². The number of ether oxygens (including phenoxy) is 1. The fraction of sp³-hybridized carbons (Fsp3) is 0.500. The lowest BCUT2D eigenvalue weighted by atomic mass is 9.98. The van der Waals surface area contributed by atoms with E-state index < -0.39 is 0 Å². The van der Waals surface area contributed by atoms with Crippen LogP contribution in [0, 0.1) is 6.92 Å². The summed E-state index contributed by atoms with van der Waals surface area (Å²) in [6.07, 6.45) is 3.80. The number of amides is 2. The van der Waals surface area contributed by atoms with Crippen molar-refractivity contribution in [3.63, 3.8) is 0 Å². The van der Waals surface area contributed by atoms with Crippen LogP contribution < -0.4 is 5.32 Å².